The van der Waals surface area contributed by atoms with Gasteiger partial charge < -0.3 is 5.32 Å². The summed E-state index contributed by atoms with van der Waals surface area (Å²) in [5.74, 6) is 2.03. The summed E-state index contributed by atoms with van der Waals surface area (Å²) in [7, 11) is -1.43. The Morgan fingerprint density at radius 3 is 2.95 bits per heavy atom. The van der Waals surface area contributed by atoms with Gasteiger partial charge in [0.25, 0.3) is 0 Å². The van der Waals surface area contributed by atoms with Gasteiger partial charge in [-0.2, -0.15) is 11.8 Å². The average molecular weight is 321 g/mol. The first-order valence-electron chi connectivity index (χ1n) is 6.45. The first kappa shape index (κ1) is 15.3. The van der Waals surface area contributed by atoms with E-state index in [1.165, 1.54) is 11.3 Å². The fourth-order valence-electron chi connectivity index (χ4n) is 2.00. The van der Waals surface area contributed by atoms with E-state index >= 15 is 0 Å². The van der Waals surface area contributed by atoms with Crippen molar-refractivity contribution in [3.05, 3.63) is 17.0 Å². The van der Waals surface area contributed by atoms with Crippen molar-refractivity contribution < 1.29 is 8.42 Å². The molecule has 0 bridgehead atoms. The molecule has 2 N–H and O–H groups in total. The lowest BCUT2D eigenvalue weighted by Gasteiger charge is -2.21. The molecule has 7 heteroatoms. The number of likely N-dealkylation sites (N-methyl/N-ethyl adjacent to an activating group) is 1. The van der Waals surface area contributed by atoms with Crippen LogP contribution in [0.25, 0.3) is 0 Å². The maximum atomic E-state index is 12.3. The van der Waals surface area contributed by atoms with E-state index in [0.717, 1.165) is 42.2 Å². The summed E-state index contributed by atoms with van der Waals surface area (Å²) in [6, 6.07) is 3.71. The van der Waals surface area contributed by atoms with Crippen LogP contribution in [0.3, 0.4) is 0 Å². The van der Waals surface area contributed by atoms with E-state index in [0.29, 0.717) is 4.21 Å². The van der Waals surface area contributed by atoms with Gasteiger partial charge in [-0.3, -0.25) is 0 Å². The average Bonchev–Trinajstić information content (AvgIpc) is 2.86. The predicted octanol–water partition coefficient (Wildman–Crippen LogP) is 1.68. The normalized spacial score (nSPS) is 20.6. The van der Waals surface area contributed by atoms with Crippen LogP contribution in [-0.2, 0) is 16.4 Å². The summed E-state index contributed by atoms with van der Waals surface area (Å²) >= 11 is 3.19. The maximum Gasteiger partial charge on any atom is 0.250 e. The van der Waals surface area contributed by atoms with Crippen LogP contribution in [0.5, 0.6) is 0 Å². The zero-order valence-corrected chi connectivity index (χ0v) is 13.5. The van der Waals surface area contributed by atoms with Crippen LogP contribution in [0.15, 0.2) is 16.3 Å². The van der Waals surface area contributed by atoms with Crippen molar-refractivity contribution in [3.8, 4) is 0 Å². The molecule has 0 aliphatic carbocycles. The molecule has 0 saturated carbocycles. The van der Waals surface area contributed by atoms with Crippen molar-refractivity contribution in [3.63, 3.8) is 0 Å². The van der Waals surface area contributed by atoms with Gasteiger partial charge in [-0.25, -0.2) is 13.1 Å². The lowest BCUT2D eigenvalue weighted by molar-refractivity contribution is 0.545. The summed E-state index contributed by atoms with van der Waals surface area (Å²) in [5, 5.41) is 3.07. The first-order valence-corrected chi connectivity index (χ1v) is 9.90. The third-order valence-electron chi connectivity index (χ3n) is 3.01. The highest BCUT2D eigenvalue weighted by atomic mass is 32.2. The molecule has 1 aliphatic heterocycles. The minimum absolute atomic E-state index is 0.0895. The van der Waals surface area contributed by atoms with Gasteiger partial charge in [-0.05, 0) is 50.7 Å². The third-order valence-corrected chi connectivity index (χ3v) is 7.38. The van der Waals surface area contributed by atoms with Crippen molar-refractivity contribution in [2.75, 3.05) is 25.1 Å². The van der Waals surface area contributed by atoms with Gasteiger partial charge in [0.1, 0.15) is 4.21 Å². The van der Waals surface area contributed by atoms with E-state index in [-0.39, 0.29) is 6.04 Å². The van der Waals surface area contributed by atoms with Crippen LogP contribution >= 0.6 is 23.1 Å². The lowest BCUT2D eigenvalue weighted by atomic mass is 10.2. The molecule has 2 heterocycles. The summed E-state index contributed by atoms with van der Waals surface area (Å²) in [6.45, 7) is 0.868. The number of rotatable bonds is 6. The molecular formula is C12H20N2O2S3. The highest BCUT2D eigenvalue weighted by Crippen LogP contribution is 2.24. The van der Waals surface area contributed by atoms with E-state index in [4.69, 9.17) is 0 Å². The second-order valence-electron chi connectivity index (χ2n) is 4.61. The molecule has 1 fully saturated rings. The molecule has 0 radical (unpaired) electrons. The molecule has 0 spiro atoms. The zero-order chi connectivity index (χ0) is 13.7. The minimum atomic E-state index is -3.33. The van der Waals surface area contributed by atoms with Crippen LogP contribution in [0, 0.1) is 0 Å². The number of sulfonamides is 1. The van der Waals surface area contributed by atoms with Gasteiger partial charge in [0, 0.05) is 16.7 Å². The Morgan fingerprint density at radius 2 is 2.26 bits per heavy atom. The molecule has 0 aromatic carbocycles. The van der Waals surface area contributed by atoms with Gasteiger partial charge in [-0.15, -0.1) is 11.3 Å². The molecular weight excluding hydrogens is 300 g/mol. The zero-order valence-electron chi connectivity index (χ0n) is 11.0. The topological polar surface area (TPSA) is 58.2 Å². The Kier molecular flexibility index (Phi) is 5.70. The van der Waals surface area contributed by atoms with Crippen molar-refractivity contribution in [1.29, 1.82) is 0 Å². The quantitative estimate of drug-likeness (QED) is 0.837. The van der Waals surface area contributed by atoms with E-state index in [1.54, 1.807) is 6.07 Å². The summed E-state index contributed by atoms with van der Waals surface area (Å²) in [6.07, 6.45) is 2.91. The largest absolute Gasteiger partial charge is 0.319 e. The molecule has 108 valence electrons. The van der Waals surface area contributed by atoms with Crippen molar-refractivity contribution in [2.45, 2.75) is 29.5 Å². The Bertz CT molecular complexity index is 493. The SMILES string of the molecule is CNCCc1ccc(S(=O)(=O)NC2CCCSC2)s1. The summed E-state index contributed by atoms with van der Waals surface area (Å²) < 4.78 is 27.8. The van der Waals surface area contributed by atoms with Crippen LogP contribution in [0.2, 0.25) is 0 Å². The van der Waals surface area contributed by atoms with Crippen LogP contribution in [0.4, 0.5) is 0 Å². The summed E-state index contributed by atoms with van der Waals surface area (Å²) in [4.78, 5) is 1.10. The Balaban J connectivity index is 1.99. The molecule has 2 rings (SSSR count). The predicted molar refractivity (Wildman–Crippen MR) is 82.6 cm³/mol. The molecule has 1 saturated heterocycles. The first-order chi connectivity index (χ1) is 9.12. The second-order valence-corrected chi connectivity index (χ2v) is 8.87. The van der Waals surface area contributed by atoms with Gasteiger partial charge in [0.2, 0.25) is 10.0 Å². The fourth-order valence-corrected chi connectivity index (χ4v) is 5.82. The number of thioether (sulfide) groups is 1. The third kappa shape index (κ3) is 4.46. The molecule has 1 unspecified atom stereocenters. The van der Waals surface area contributed by atoms with E-state index in [9.17, 15) is 8.42 Å². The number of hydrogen-bond donors (Lipinski definition) is 2. The second kappa shape index (κ2) is 7.08. The van der Waals surface area contributed by atoms with Crippen molar-refractivity contribution in [2.24, 2.45) is 0 Å². The van der Waals surface area contributed by atoms with Gasteiger partial charge >= 0.3 is 0 Å². The van der Waals surface area contributed by atoms with Gasteiger partial charge in [0.05, 0.1) is 0 Å². The van der Waals surface area contributed by atoms with Gasteiger partial charge in [-0.1, -0.05) is 0 Å². The highest BCUT2D eigenvalue weighted by molar-refractivity contribution is 7.99. The molecule has 19 heavy (non-hydrogen) atoms. The van der Waals surface area contributed by atoms with Crippen LogP contribution in [-0.4, -0.2) is 39.6 Å². The molecule has 1 aliphatic rings. The molecule has 1 atom stereocenters. The van der Waals surface area contributed by atoms with E-state index in [1.807, 2.05) is 24.9 Å². The number of hydrogen-bond acceptors (Lipinski definition) is 5. The van der Waals surface area contributed by atoms with Crippen LogP contribution < -0.4 is 10.0 Å². The van der Waals surface area contributed by atoms with E-state index in [2.05, 4.69) is 10.0 Å². The Morgan fingerprint density at radius 1 is 1.42 bits per heavy atom. The van der Waals surface area contributed by atoms with Crippen molar-refractivity contribution in [1.82, 2.24) is 10.0 Å². The minimum Gasteiger partial charge on any atom is -0.319 e. The Hall–Kier alpha value is -0.0800. The molecule has 4 nitrogen and oxygen atoms in total. The van der Waals surface area contributed by atoms with E-state index < -0.39 is 10.0 Å². The van der Waals surface area contributed by atoms with Crippen molar-refractivity contribution >= 4 is 33.1 Å². The smallest absolute Gasteiger partial charge is 0.250 e. The molecule has 1 aromatic heterocycles. The standard InChI is InChI=1S/C12H20N2O2S3/c1-13-7-6-11-4-5-12(18-11)19(15,16)14-10-3-2-8-17-9-10/h4-5,10,13-14H,2-3,6-9H2,1H3. The highest BCUT2D eigenvalue weighted by Gasteiger charge is 2.23. The fraction of sp³-hybridized carbons (Fsp3) is 0.667. The Labute approximate surface area is 123 Å². The van der Waals surface area contributed by atoms with Crippen LogP contribution in [0.1, 0.15) is 17.7 Å². The number of thiophene rings is 1. The maximum absolute atomic E-state index is 12.3. The molecule has 1 aromatic rings. The van der Waals surface area contributed by atoms with Gasteiger partial charge in [0.15, 0.2) is 0 Å². The monoisotopic (exact) mass is 320 g/mol. The summed E-state index contributed by atoms with van der Waals surface area (Å²) in [5.41, 5.74) is 0. The molecule has 0 amide bonds. The lowest BCUT2D eigenvalue weighted by Crippen LogP contribution is -2.37. The number of nitrogens with one attached hydrogen (secondary N) is 2.